The van der Waals surface area contributed by atoms with Crippen molar-refractivity contribution in [3.63, 3.8) is 0 Å². The Balaban J connectivity index is 0.00000364. The van der Waals surface area contributed by atoms with Crippen LogP contribution < -0.4 is 16.0 Å². The van der Waals surface area contributed by atoms with Crippen molar-refractivity contribution in [2.24, 2.45) is 4.99 Å². The molecule has 0 saturated heterocycles. The molecular formula is C19H24FIN4OS. The molecule has 1 amide bonds. The molecule has 146 valence electrons. The van der Waals surface area contributed by atoms with Gasteiger partial charge < -0.3 is 16.0 Å². The van der Waals surface area contributed by atoms with E-state index in [0.717, 1.165) is 0 Å². The number of carbonyl (C=O) groups excluding carboxylic acids is 1. The van der Waals surface area contributed by atoms with E-state index in [4.69, 9.17) is 0 Å². The lowest BCUT2D eigenvalue weighted by atomic mass is 10.3. The molecule has 0 bridgehead atoms. The Bertz CT molecular complexity index is 728. The van der Waals surface area contributed by atoms with E-state index in [2.05, 4.69) is 40.0 Å². The standard InChI is InChI=1S/C19H23FN4OS.HI/c1-14(26-17-6-4-3-5-7-17)12-22-19(21-2)23-13-18(25)24-16-10-8-15(20)9-11-16;/h3-11,14H,12-13H2,1-2H3,(H,24,25)(H2,21,22,23);1H. The fourth-order valence-corrected chi connectivity index (χ4v) is 3.08. The van der Waals surface area contributed by atoms with E-state index < -0.39 is 0 Å². The van der Waals surface area contributed by atoms with Crippen molar-refractivity contribution in [1.82, 2.24) is 10.6 Å². The number of rotatable bonds is 7. The molecule has 1 atom stereocenters. The zero-order valence-corrected chi connectivity index (χ0v) is 18.4. The topological polar surface area (TPSA) is 65.5 Å². The van der Waals surface area contributed by atoms with Crippen molar-refractivity contribution < 1.29 is 9.18 Å². The van der Waals surface area contributed by atoms with Crippen molar-refractivity contribution in [1.29, 1.82) is 0 Å². The molecule has 27 heavy (non-hydrogen) atoms. The van der Waals surface area contributed by atoms with Crippen LogP contribution in [-0.4, -0.2) is 37.3 Å². The van der Waals surface area contributed by atoms with E-state index in [0.29, 0.717) is 23.4 Å². The lowest BCUT2D eigenvalue weighted by Gasteiger charge is -2.16. The molecule has 0 saturated carbocycles. The molecule has 5 nitrogen and oxygen atoms in total. The van der Waals surface area contributed by atoms with E-state index in [9.17, 15) is 9.18 Å². The van der Waals surface area contributed by atoms with E-state index in [1.54, 1.807) is 18.8 Å². The van der Waals surface area contributed by atoms with E-state index in [-0.39, 0.29) is 42.2 Å². The van der Waals surface area contributed by atoms with Gasteiger partial charge in [-0.3, -0.25) is 9.79 Å². The molecule has 0 aliphatic rings. The second-order valence-electron chi connectivity index (χ2n) is 5.60. The van der Waals surface area contributed by atoms with Crippen LogP contribution in [0.3, 0.4) is 0 Å². The van der Waals surface area contributed by atoms with Crippen LogP contribution in [0, 0.1) is 5.82 Å². The van der Waals surface area contributed by atoms with Gasteiger partial charge in [-0.2, -0.15) is 0 Å². The van der Waals surface area contributed by atoms with Gasteiger partial charge in [0.05, 0.1) is 6.54 Å². The van der Waals surface area contributed by atoms with Gasteiger partial charge in [-0.1, -0.05) is 25.1 Å². The summed E-state index contributed by atoms with van der Waals surface area (Å²) in [5.74, 6) is -0.0146. The normalized spacial score (nSPS) is 11.9. The third kappa shape index (κ3) is 9.09. The molecule has 1 unspecified atom stereocenters. The Morgan fingerprint density at radius 3 is 2.41 bits per heavy atom. The number of halogens is 2. The molecule has 0 spiro atoms. The minimum atomic E-state index is -0.340. The Labute approximate surface area is 180 Å². The SMILES string of the molecule is CN=C(NCC(=O)Nc1ccc(F)cc1)NCC(C)Sc1ccccc1.I. The number of carbonyl (C=O) groups is 1. The molecule has 2 aromatic carbocycles. The van der Waals surface area contributed by atoms with Crippen LogP contribution in [0.1, 0.15) is 6.92 Å². The first kappa shape index (κ1) is 23.2. The molecule has 0 aliphatic carbocycles. The van der Waals surface area contributed by atoms with Gasteiger partial charge in [0.2, 0.25) is 5.91 Å². The first-order valence-corrected chi connectivity index (χ1v) is 9.16. The molecule has 2 aromatic rings. The molecule has 2 rings (SSSR count). The summed E-state index contributed by atoms with van der Waals surface area (Å²) >= 11 is 1.77. The molecule has 3 N–H and O–H groups in total. The number of guanidine groups is 1. The summed E-state index contributed by atoms with van der Waals surface area (Å²) in [6.07, 6.45) is 0. The number of anilines is 1. The lowest BCUT2D eigenvalue weighted by Crippen LogP contribution is -2.43. The Morgan fingerprint density at radius 1 is 1.11 bits per heavy atom. The van der Waals surface area contributed by atoms with Crippen molar-refractivity contribution >= 4 is 53.3 Å². The predicted molar refractivity (Wildman–Crippen MR) is 122 cm³/mol. The van der Waals surface area contributed by atoms with Crippen molar-refractivity contribution in [3.05, 3.63) is 60.4 Å². The van der Waals surface area contributed by atoms with Crippen LogP contribution in [0.5, 0.6) is 0 Å². The van der Waals surface area contributed by atoms with Gasteiger partial charge in [-0.15, -0.1) is 35.7 Å². The monoisotopic (exact) mass is 502 g/mol. The van der Waals surface area contributed by atoms with Crippen LogP contribution in [0.4, 0.5) is 10.1 Å². The highest BCUT2D eigenvalue weighted by molar-refractivity contribution is 14.0. The van der Waals surface area contributed by atoms with Crippen LogP contribution in [0.25, 0.3) is 0 Å². The van der Waals surface area contributed by atoms with Gasteiger partial charge in [0.25, 0.3) is 0 Å². The number of hydrogen-bond donors (Lipinski definition) is 3. The molecule has 0 aromatic heterocycles. The number of benzene rings is 2. The second kappa shape index (κ2) is 12.6. The second-order valence-corrected chi connectivity index (χ2v) is 7.12. The van der Waals surface area contributed by atoms with E-state index in [1.807, 2.05) is 18.2 Å². The number of nitrogens with zero attached hydrogens (tertiary/aromatic N) is 1. The van der Waals surface area contributed by atoms with Gasteiger partial charge >= 0.3 is 0 Å². The average Bonchev–Trinajstić information content (AvgIpc) is 2.64. The summed E-state index contributed by atoms with van der Waals surface area (Å²) < 4.78 is 12.9. The fraction of sp³-hybridized carbons (Fsp3) is 0.263. The summed E-state index contributed by atoms with van der Waals surface area (Å²) in [6.45, 7) is 2.90. The van der Waals surface area contributed by atoms with Gasteiger partial charge in [0.15, 0.2) is 5.96 Å². The first-order chi connectivity index (χ1) is 12.6. The minimum absolute atomic E-state index is 0. The fourth-order valence-electron chi connectivity index (χ4n) is 2.14. The quantitative estimate of drug-likeness (QED) is 0.234. The largest absolute Gasteiger partial charge is 0.355 e. The maximum Gasteiger partial charge on any atom is 0.243 e. The van der Waals surface area contributed by atoms with Crippen LogP contribution in [-0.2, 0) is 4.79 Å². The number of thioether (sulfide) groups is 1. The summed E-state index contributed by atoms with van der Waals surface area (Å²) in [5, 5.41) is 9.20. The van der Waals surface area contributed by atoms with Gasteiger partial charge in [-0.05, 0) is 36.4 Å². The number of nitrogens with one attached hydrogen (secondary N) is 3. The third-order valence-corrected chi connectivity index (χ3v) is 4.52. The highest BCUT2D eigenvalue weighted by atomic mass is 127. The predicted octanol–water partition coefficient (Wildman–Crippen LogP) is 3.73. The third-order valence-electron chi connectivity index (χ3n) is 3.41. The van der Waals surface area contributed by atoms with Crippen LogP contribution >= 0.6 is 35.7 Å². The molecule has 8 heteroatoms. The maximum absolute atomic E-state index is 12.9. The Morgan fingerprint density at radius 2 is 1.78 bits per heavy atom. The Kier molecular flexibility index (Phi) is 10.8. The van der Waals surface area contributed by atoms with Gasteiger partial charge in [0.1, 0.15) is 5.82 Å². The average molecular weight is 502 g/mol. The lowest BCUT2D eigenvalue weighted by molar-refractivity contribution is -0.115. The summed E-state index contributed by atoms with van der Waals surface area (Å²) in [7, 11) is 1.65. The van der Waals surface area contributed by atoms with Crippen molar-refractivity contribution in [3.8, 4) is 0 Å². The van der Waals surface area contributed by atoms with Crippen LogP contribution in [0.15, 0.2) is 64.5 Å². The molecule has 0 fully saturated rings. The van der Waals surface area contributed by atoms with E-state index >= 15 is 0 Å². The smallest absolute Gasteiger partial charge is 0.243 e. The van der Waals surface area contributed by atoms with Gasteiger partial charge in [0, 0.05) is 29.4 Å². The summed E-state index contributed by atoms with van der Waals surface area (Å²) in [6, 6.07) is 15.8. The van der Waals surface area contributed by atoms with Crippen molar-refractivity contribution in [2.45, 2.75) is 17.1 Å². The first-order valence-electron chi connectivity index (χ1n) is 8.28. The molecule has 0 heterocycles. The zero-order chi connectivity index (χ0) is 18.8. The molecule has 0 radical (unpaired) electrons. The number of aliphatic imine (C=N–C) groups is 1. The highest BCUT2D eigenvalue weighted by Crippen LogP contribution is 2.21. The van der Waals surface area contributed by atoms with Crippen LogP contribution in [0.2, 0.25) is 0 Å². The highest BCUT2D eigenvalue weighted by Gasteiger charge is 2.07. The maximum atomic E-state index is 12.9. The summed E-state index contributed by atoms with van der Waals surface area (Å²) in [4.78, 5) is 17.3. The zero-order valence-electron chi connectivity index (χ0n) is 15.2. The molecule has 0 aliphatic heterocycles. The number of amides is 1. The Hall–Kier alpha value is -1.81. The summed E-state index contributed by atoms with van der Waals surface area (Å²) in [5.41, 5.74) is 0.550. The minimum Gasteiger partial charge on any atom is -0.355 e. The van der Waals surface area contributed by atoms with E-state index in [1.165, 1.54) is 29.2 Å². The van der Waals surface area contributed by atoms with Gasteiger partial charge in [-0.25, -0.2) is 4.39 Å². The molecular weight excluding hydrogens is 478 g/mol. The van der Waals surface area contributed by atoms with Crippen molar-refractivity contribution in [2.75, 3.05) is 25.5 Å². The number of hydrogen-bond acceptors (Lipinski definition) is 3.